The first-order valence-corrected chi connectivity index (χ1v) is 5.81. The van der Waals surface area contributed by atoms with E-state index >= 15 is 0 Å². The van der Waals surface area contributed by atoms with E-state index in [9.17, 15) is 0 Å². The third kappa shape index (κ3) is 1.72. The summed E-state index contributed by atoms with van der Waals surface area (Å²) >= 11 is 3.06. The minimum absolute atomic E-state index is 0.0759. The molecule has 0 N–H and O–H groups in total. The molecule has 0 spiro atoms. The van der Waals surface area contributed by atoms with Gasteiger partial charge in [0.1, 0.15) is 16.2 Å². The van der Waals surface area contributed by atoms with Gasteiger partial charge in [-0.05, 0) is 18.4 Å². The summed E-state index contributed by atoms with van der Waals surface area (Å²) in [4.78, 5) is 9.30. The summed E-state index contributed by atoms with van der Waals surface area (Å²) in [5.41, 5.74) is 0. The van der Waals surface area contributed by atoms with E-state index in [4.69, 9.17) is 5.26 Å². The van der Waals surface area contributed by atoms with Crippen molar-refractivity contribution in [2.45, 2.75) is 17.2 Å². The molecule has 0 amide bonds. The van der Waals surface area contributed by atoms with Crippen molar-refractivity contribution in [3.8, 4) is 6.07 Å². The minimum atomic E-state index is -0.0759. The lowest BCUT2D eigenvalue weighted by atomic mass is 10.4. The van der Waals surface area contributed by atoms with Crippen LogP contribution in [0.5, 0.6) is 0 Å². The van der Waals surface area contributed by atoms with Crippen molar-refractivity contribution < 1.29 is 0 Å². The Morgan fingerprint density at radius 3 is 3.21 bits per heavy atom. The molecular weight excluding hydrogens is 214 g/mol. The van der Waals surface area contributed by atoms with Gasteiger partial charge in [-0.1, -0.05) is 11.8 Å². The van der Waals surface area contributed by atoms with Crippen LogP contribution >= 0.6 is 23.1 Å². The Bertz CT molecular complexity index is 486. The largest absolute Gasteiger partial charge is 0.229 e. The second-order valence-electron chi connectivity index (χ2n) is 2.71. The number of nitrogens with zero attached hydrogens (tertiary/aromatic N) is 3. The summed E-state index contributed by atoms with van der Waals surface area (Å²) in [5.74, 6) is 0. The highest BCUT2D eigenvalue weighted by atomic mass is 32.2. The minimum Gasteiger partial charge on any atom is -0.229 e. The van der Waals surface area contributed by atoms with Gasteiger partial charge in [0.05, 0.1) is 11.3 Å². The van der Waals surface area contributed by atoms with E-state index < -0.39 is 0 Å². The lowest BCUT2D eigenvalue weighted by Crippen LogP contribution is -1.92. The van der Waals surface area contributed by atoms with E-state index in [-0.39, 0.29) is 5.25 Å². The second-order valence-corrected chi connectivity index (χ2v) is 4.93. The zero-order valence-corrected chi connectivity index (χ0v) is 9.10. The molecule has 0 fully saturated rings. The molecule has 2 aromatic rings. The topological polar surface area (TPSA) is 49.6 Å². The highest BCUT2D eigenvalue weighted by Gasteiger charge is 2.08. The van der Waals surface area contributed by atoms with Gasteiger partial charge in [-0.2, -0.15) is 5.26 Å². The molecular formula is C9H7N3S2. The van der Waals surface area contributed by atoms with Gasteiger partial charge in [0, 0.05) is 5.39 Å². The molecule has 14 heavy (non-hydrogen) atoms. The molecule has 0 saturated heterocycles. The van der Waals surface area contributed by atoms with E-state index in [0.717, 1.165) is 15.2 Å². The predicted octanol–water partition coefficient (Wildman–Crippen LogP) is 2.70. The van der Waals surface area contributed by atoms with Crippen molar-refractivity contribution in [3.05, 3.63) is 17.8 Å². The molecule has 2 rings (SSSR count). The maximum absolute atomic E-state index is 8.71. The smallest absolute Gasteiger partial charge is 0.127 e. The Labute approximate surface area is 89.8 Å². The Kier molecular flexibility index (Phi) is 2.66. The zero-order chi connectivity index (χ0) is 9.97. The number of hydrogen-bond donors (Lipinski definition) is 0. The van der Waals surface area contributed by atoms with Gasteiger partial charge in [-0.15, -0.1) is 11.3 Å². The molecule has 70 valence electrons. The average molecular weight is 221 g/mol. The fourth-order valence-electron chi connectivity index (χ4n) is 1.06. The Morgan fingerprint density at radius 1 is 1.57 bits per heavy atom. The van der Waals surface area contributed by atoms with Crippen LogP contribution in [-0.2, 0) is 0 Å². The highest BCUT2D eigenvalue weighted by molar-refractivity contribution is 8.00. The molecule has 0 aromatic carbocycles. The van der Waals surface area contributed by atoms with Gasteiger partial charge in [0.25, 0.3) is 0 Å². The Hall–Kier alpha value is -1.12. The molecule has 5 heteroatoms. The maximum Gasteiger partial charge on any atom is 0.127 e. The van der Waals surface area contributed by atoms with Crippen LogP contribution in [0.2, 0.25) is 0 Å². The molecule has 0 aliphatic carbocycles. The molecule has 0 bridgehead atoms. The summed E-state index contributed by atoms with van der Waals surface area (Å²) in [6, 6.07) is 4.17. The van der Waals surface area contributed by atoms with Crippen LogP contribution in [0.3, 0.4) is 0 Å². The number of aromatic nitrogens is 2. The first-order valence-electron chi connectivity index (χ1n) is 4.05. The number of thioether (sulfide) groups is 1. The molecule has 0 aliphatic rings. The van der Waals surface area contributed by atoms with Crippen molar-refractivity contribution in [1.82, 2.24) is 9.97 Å². The van der Waals surface area contributed by atoms with Gasteiger partial charge >= 0.3 is 0 Å². The Morgan fingerprint density at radius 2 is 2.43 bits per heavy atom. The van der Waals surface area contributed by atoms with Crippen LogP contribution in [0.25, 0.3) is 10.2 Å². The molecule has 1 atom stereocenters. The first-order chi connectivity index (χ1) is 6.81. The number of rotatable bonds is 2. The predicted molar refractivity (Wildman–Crippen MR) is 58.3 cm³/mol. The fourth-order valence-corrected chi connectivity index (χ4v) is 2.64. The monoisotopic (exact) mass is 221 g/mol. The molecule has 0 radical (unpaired) electrons. The average Bonchev–Trinajstić information content (AvgIpc) is 2.66. The van der Waals surface area contributed by atoms with Crippen molar-refractivity contribution in [1.29, 1.82) is 5.26 Å². The van der Waals surface area contributed by atoms with Gasteiger partial charge in [0.2, 0.25) is 0 Å². The summed E-state index contributed by atoms with van der Waals surface area (Å²) in [6.45, 7) is 1.87. The molecule has 3 nitrogen and oxygen atoms in total. The molecule has 0 saturated carbocycles. The van der Waals surface area contributed by atoms with Crippen molar-refractivity contribution in [2.75, 3.05) is 0 Å². The van der Waals surface area contributed by atoms with E-state index in [0.29, 0.717) is 0 Å². The van der Waals surface area contributed by atoms with Gasteiger partial charge < -0.3 is 0 Å². The van der Waals surface area contributed by atoms with E-state index in [2.05, 4.69) is 16.0 Å². The van der Waals surface area contributed by atoms with E-state index in [1.807, 2.05) is 18.4 Å². The van der Waals surface area contributed by atoms with Crippen molar-refractivity contribution in [2.24, 2.45) is 0 Å². The normalized spacial score (nSPS) is 12.6. The summed E-state index contributed by atoms with van der Waals surface area (Å²) in [6.07, 6.45) is 1.55. The molecule has 2 heterocycles. The Balaban J connectivity index is 2.42. The third-order valence-electron chi connectivity index (χ3n) is 1.70. The van der Waals surface area contributed by atoms with Crippen LogP contribution < -0.4 is 0 Å². The summed E-state index contributed by atoms with van der Waals surface area (Å²) in [5, 5.41) is 12.6. The lowest BCUT2D eigenvalue weighted by molar-refractivity contribution is 1.10. The zero-order valence-electron chi connectivity index (χ0n) is 7.47. The SMILES string of the molecule is C[C@H](C#N)Sc1ncnc2sccc12. The van der Waals surface area contributed by atoms with Gasteiger partial charge in [-0.3, -0.25) is 0 Å². The van der Waals surface area contributed by atoms with Crippen LogP contribution in [0.1, 0.15) is 6.92 Å². The summed E-state index contributed by atoms with van der Waals surface area (Å²) in [7, 11) is 0. The summed E-state index contributed by atoms with van der Waals surface area (Å²) < 4.78 is 0. The van der Waals surface area contributed by atoms with Crippen LogP contribution in [0.15, 0.2) is 22.8 Å². The number of nitriles is 1. The van der Waals surface area contributed by atoms with Crippen LogP contribution in [-0.4, -0.2) is 15.2 Å². The molecule has 2 aromatic heterocycles. The molecule has 0 unspecified atom stereocenters. The van der Waals surface area contributed by atoms with Crippen molar-refractivity contribution in [3.63, 3.8) is 0 Å². The number of fused-ring (bicyclic) bond motifs is 1. The number of hydrogen-bond acceptors (Lipinski definition) is 5. The lowest BCUT2D eigenvalue weighted by Gasteiger charge is -2.01. The van der Waals surface area contributed by atoms with E-state index in [1.54, 1.807) is 17.7 Å². The second kappa shape index (κ2) is 3.95. The van der Waals surface area contributed by atoms with Crippen LogP contribution in [0, 0.1) is 11.3 Å². The maximum atomic E-state index is 8.71. The van der Waals surface area contributed by atoms with Gasteiger partial charge in [-0.25, -0.2) is 9.97 Å². The fraction of sp³-hybridized carbons (Fsp3) is 0.222. The van der Waals surface area contributed by atoms with Gasteiger partial charge in [0.15, 0.2) is 0 Å². The first kappa shape index (κ1) is 9.44. The third-order valence-corrected chi connectivity index (χ3v) is 3.52. The van der Waals surface area contributed by atoms with Crippen molar-refractivity contribution >= 4 is 33.3 Å². The standard InChI is InChI=1S/C9H7N3S2/c1-6(4-10)14-9-7-2-3-13-8(7)11-5-12-9/h2-3,5-6H,1H3/t6-/m1/s1. The van der Waals surface area contributed by atoms with Crippen LogP contribution in [0.4, 0.5) is 0 Å². The molecule has 0 aliphatic heterocycles. The van der Waals surface area contributed by atoms with E-state index in [1.165, 1.54) is 11.8 Å². The number of thiophene rings is 1. The quantitative estimate of drug-likeness (QED) is 0.578. The highest BCUT2D eigenvalue weighted by Crippen LogP contribution is 2.29.